The van der Waals surface area contributed by atoms with E-state index in [4.69, 9.17) is 10.8 Å². The molecule has 2 nitrogen and oxygen atoms in total. The molecule has 0 spiro atoms. The molecule has 0 aromatic heterocycles. The Morgan fingerprint density at radius 3 is 2.50 bits per heavy atom. The Bertz CT molecular complexity index is 118. The Balaban J connectivity index is 2.58. The van der Waals surface area contributed by atoms with Gasteiger partial charge in [0.25, 0.3) is 0 Å². The van der Waals surface area contributed by atoms with Crippen LogP contribution in [0.25, 0.3) is 0 Å². The molecule has 1 aliphatic carbocycles. The summed E-state index contributed by atoms with van der Waals surface area (Å²) in [4.78, 5) is 0. The van der Waals surface area contributed by atoms with Crippen molar-refractivity contribution in [2.75, 3.05) is 6.61 Å². The first-order chi connectivity index (χ1) is 3.84. The van der Waals surface area contributed by atoms with Crippen molar-refractivity contribution in [1.82, 2.24) is 0 Å². The van der Waals surface area contributed by atoms with Crippen molar-refractivity contribution in [2.24, 2.45) is 5.73 Å². The van der Waals surface area contributed by atoms with Crippen LogP contribution in [-0.2, 0) is 0 Å². The SMILES string of the molecule is NC1=C(CO)CCC1. The van der Waals surface area contributed by atoms with Crippen molar-refractivity contribution in [1.29, 1.82) is 0 Å². The fourth-order valence-corrected chi connectivity index (χ4v) is 1.01. The Labute approximate surface area is 49.0 Å². The molecule has 1 rings (SSSR count). The molecule has 0 amide bonds. The molecule has 0 saturated carbocycles. The summed E-state index contributed by atoms with van der Waals surface area (Å²) in [5, 5.41) is 8.60. The summed E-state index contributed by atoms with van der Waals surface area (Å²) in [5.41, 5.74) is 7.47. The number of hydrogen-bond acceptors (Lipinski definition) is 2. The normalized spacial score (nSPS) is 20.1. The summed E-state index contributed by atoms with van der Waals surface area (Å²) >= 11 is 0. The third kappa shape index (κ3) is 0.842. The average Bonchev–Trinajstić information content (AvgIpc) is 2.14. The van der Waals surface area contributed by atoms with Crippen molar-refractivity contribution >= 4 is 0 Å². The molecule has 0 bridgehead atoms. The Kier molecular flexibility index (Phi) is 1.53. The van der Waals surface area contributed by atoms with Crippen molar-refractivity contribution in [3.63, 3.8) is 0 Å². The van der Waals surface area contributed by atoms with E-state index in [0.29, 0.717) is 0 Å². The van der Waals surface area contributed by atoms with Gasteiger partial charge in [0.05, 0.1) is 6.61 Å². The lowest BCUT2D eigenvalue weighted by Crippen LogP contribution is -1.98. The first-order valence-corrected chi connectivity index (χ1v) is 2.92. The molecular weight excluding hydrogens is 102 g/mol. The minimum atomic E-state index is 0.159. The highest BCUT2D eigenvalue weighted by atomic mass is 16.3. The van der Waals surface area contributed by atoms with Gasteiger partial charge in [-0.15, -0.1) is 0 Å². The summed E-state index contributed by atoms with van der Waals surface area (Å²) in [5.74, 6) is 0. The Hall–Kier alpha value is -0.500. The number of aliphatic hydroxyl groups excluding tert-OH is 1. The van der Waals surface area contributed by atoms with Crippen LogP contribution in [0.4, 0.5) is 0 Å². The van der Waals surface area contributed by atoms with Crippen LogP contribution in [0.3, 0.4) is 0 Å². The second-order valence-corrected chi connectivity index (χ2v) is 2.14. The molecule has 0 aromatic rings. The lowest BCUT2D eigenvalue weighted by molar-refractivity contribution is 0.327. The van der Waals surface area contributed by atoms with Crippen molar-refractivity contribution in [2.45, 2.75) is 19.3 Å². The van der Waals surface area contributed by atoms with Crippen molar-refractivity contribution in [3.05, 3.63) is 11.3 Å². The zero-order chi connectivity index (χ0) is 5.98. The summed E-state index contributed by atoms with van der Waals surface area (Å²) in [7, 11) is 0. The molecule has 8 heavy (non-hydrogen) atoms. The standard InChI is InChI=1S/C6H11NO/c7-6-3-1-2-5(6)4-8/h8H,1-4,7H2. The predicted octanol–water partition coefficient (Wildman–Crippen LogP) is 0.375. The number of aliphatic hydroxyl groups is 1. The number of hydrogen-bond donors (Lipinski definition) is 2. The largest absolute Gasteiger partial charge is 0.402 e. The highest BCUT2D eigenvalue weighted by Gasteiger charge is 2.08. The zero-order valence-corrected chi connectivity index (χ0v) is 4.85. The van der Waals surface area contributed by atoms with E-state index in [1.165, 1.54) is 0 Å². The van der Waals surface area contributed by atoms with Gasteiger partial charge in [-0.25, -0.2) is 0 Å². The molecule has 0 fully saturated rings. The van der Waals surface area contributed by atoms with E-state index in [9.17, 15) is 0 Å². The van der Waals surface area contributed by atoms with Crippen LogP contribution >= 0.6 is 0 Å². The fraction of sp³-hybridized carbons (Fsp3) is 0.667. The van der Waals surface area contributed by atoms with Gasteiger partial charge >= 0.3 is 0 Å². The molecule has 3 N–H and O–H groups in total. The molecule has 1 aliphatic rings. The molecule has 0 saturated heterocycles. The van der Waals surface area contributed by atoms with E-state index in [1.807, 2.05) is 0 Å². The molecular formula is C6H11NO. The van der Waals surface area contributed by atoms with Gasteiger partial charge in [-0.2, -0.15) is 0 Å². The monoisotopic (exact) mass is 113 g/mol. The van der Waals surface area contributed by atoms with Gasteiger partial charge in [-0.05, 0) is 24.8 Å². The first-order valence-electron chi connectivity index (χ1n) is 2.92. The van der Waals surface area contributed by atoms with E-state index in [0.717, 1.165) is 30.5 Å². The third-order valence-corrected chi connectivity index (χ3v) is 1.57. The van der Waals surface area contributed by atoms with Crippen LogP contribution in [0.2, 0.25) is 0 Å². The number of nitrogens with two attached hydrogens (primary N) is 1. The maximum atomic E-state index is 8.60. The van der Waals surface area contributed by atoms with Crippen LogP contribution in [-0.4, -0.2) is 11.7 Å². The summed E-state index contributed by atoms with van der Waals surface area (Å²) < 4.78 is 0. The number of allylic oxidation sites excluding steroid dienone is 1. The van der Waals surface area contributed by atoms with Crippen LogP contribution in [0, 0.1) is 0 Å². The lowest BCUT2D eigenvalue weighted by atomic mass is 10.2. The molecule has 46 valence electrons. The second kappa shape index (κ2) is 2.18. The molecule has 0 aromatic carbocycles. The van der Waals surface area contributed by atoms with Gasteiger partial charge in [0.15, 0.2) is 0 Å². The van der Waals surface area contributed by atoms with Crippen molar-refractivity contribution < 1.29 is 5.11 Å². The van der Waals surface area contributed by atoms with Gasteiger partial charge in [-0.3, -0.25) is 0 Å². The third-order valence-electron chi connectivity index (χ3n) is 1.57. The quantitative estimate of drug-likeness (QED) is 0.516. The molecule has 2 heteroatoms. The molecule has 0 heterocycles. The minimum Gasteiger partial charge on any atom is -0.402 e. The van der Waals surface area contributed by atoms with Gasteiger partial charge in [-0.1, -0.05) is 0 Å². The van der Waals surface area contributed by atoms with Crippen LogP contribution in [0.1, 0.15) is 19.3 Å². The van der Waals surface area contributed by atoms with Crippen LogP contribution in [0.15, 0.2) is 11.3 Å². The summed E-state index contributed by atoms with van der Waals surface area (Å²) in [6, 6.07) is 0. The topological polar surface area (TPSA) is 46.2 Å². The van der Waals surface area contributed by atoms with Crippen molar-refractivity contribution in [3.8, 4) is 0 Å². The van der Waals surface area contributed by atoms with E-state index in [1.54, 1.807) is 0 Å². The van der Waals surface area contributed by atoms with E-state index in [-0.39, 0.29) is 6.61 Å². The first kappa shape index (κ1) is 5.63. The summed E-state index contributed by atoms with van der Waals surface area (Å²) in [6.07, 6.45) is 3.11. The maximum Gasteiger partial charge on any atom is 0.0661 e. The maximum absolute atomic E-state index is 8.60. The van der Waals surface area contributed by atoms with E-state index >= 15 is 0 Å². The van der Waals surface area contributed by atoms with E-state index < -0.39 is 0 Å². The molecule has 0 radical (unpaired) electrons. The Morgan fingerprint density at radius 1 is 1.50 bits per heavy atom. The average molecular weight is 113 g/mol. The molecule has 0 aliphatic heterocycles. The number of rotatable bonds is 1. The lowest BCUT2D eigenvalue weighted by Gasteiger charge is -1.94. The van der Waals surface area contributed by atoms with E-state index in [2.05, 4.69) is 0 Å². The van der Waals surface area contributed by atoms with Crippen LogP contribution < -0.4 is 5.73 Å². The highest BCUT2D eigenvalue weighted by molar-refractivity contribution is 5.16. The smallest absolute Gasteiger partial charge is 0.0661 e. The van der Waals surface area contributed by atoms with Gasteiger partial charge in [0.1, 0.15) is 0 Å². The Morgan fingerprint density at radius 2 is 2.25 bits per heavy atom. The van der Waals surface area contributed by atoms with Gasteiger partial charge in [0.2, 0.25) is 0 Å². The highest BCUT2D eigenvalue weighted by Crippen LogP contribution is 2.20. The van der Waals surface area contributed by atoms with Gasteiger partial charge in [0, 0.05) is 5.70 Å². The minimum absolute atomic E-state index is 0.159. The molecule has 0 unspecified atom stereocenters. The van der Waals surface area contributed by atoms with Gasteiger partial charge < -0.3 is 10.8 Å². The van der Waals surface area contributed by atoms with Crippen LogP contribution in [0.5, 0.6) is 0 Å². The fourth-order valence-electron chi connectivity index (χ4n) is 1.01. The second-order valence-electron chi connectivity index (χ2n) is 2.14. The zero-order valence-electron chi connectivity index (χ0n) is 4.85. The molecule has 0 atom stereocenters. The summed E-state index contributed by atoms with van der Waals surface area (Å²) in [6.45, 7) is 0.159. The predicted molar refractivity (Wildman–Crippen MR) is 32.2 cm³/mol.